The van der Waals surface area contributed by atoms with Gasteiger partial charge in [-0.2, -0.15) is 0 Å². The van der Waals surface area contributed by atoms with Crippen molar-refractivity contribution in [2.24, 2.45) is 5.73 Å². The van der Waals surface area contributed by atoms with Crippen molar-refractivity contribution in [2.45, 2.75) is 19.4 Å². The van der Waals surface area contributed by atoms with Crippen LogP contribution in [0.1, 0.15) is 11.1 Å². The summed E-state index contributed by atoms with van der Waals surface area (Å²) in [5.74, 6) is 0.411. The molecule has 1 aliphatic rings. The summed E-state index contributed by atoms with van der Waals surface area (Å²) in [6.07, 6.45) is 4.16. The molecule has 4 rings (SSSR count). The van der Waals surface area contributed by atoms with Gasteiger partial charge in [-0.3, -0.25) is 4.90 Å². The van der Waals surface area contributed by atoms with E-state index in [0.29, 0.717) is 12.2 Å². The number of pyridine rings is 1. The van der Waals surface area contributed by atoms with Crippen LogP contribution in [0.25, 0.3) is 11.0 Å². The summed E-state index contributed by atoms with van der Waals surface area (Å²) in [5, 5.41) is 0.866. The van der Waals surface area contributed by atoms with Gasteiger partial charge in [0.15, 0.2) is 11.6 Å². The SMILES string of the molecule is Cc1c[nH]c2nccc(Oc3ccc(CC(N)CN4CCN(C)CC4)cc3F)c12. The molecule has 1 unspecified atom stereocenters. The van der Waals surface area contributed by atoms with Gasteiger partial charge >= 0.3 is 0 Å². The molecule has 154 valence electrons. The van der Waals surface area contributed by atoms with Gasteiger partial charge in [-0.05, 0) is 49.7 Å². The number of nitrogens with zero attached hydrogens (tertiary/aromatic N) is 3. The predicted molar refractivity (Wildman–Crippen MR) is 113 cm³/mol. The highest BCUT2D eigenvalue weighted by atomic mass is 19.1. The summed E-state index contributed by atoms with van der Waals surface area (Å²) < 4.78 is 20.6. The van der Waals surface area contributed by atoms with E-state index in [0.717, 1.165) is 54.9 Å². The van der Waals surface area contributed by atoms with Gasteiger partial charge in [0, 0.05) is 51.2 Å². The molecule has 3 N–H and O–H groups in total. The maximum atomic E-state index is 14.7. The van der Waals surface area contributed by atoms with Gasteiger partial charge < -0.3 is 20.4 Å². The number of fused-ring (bicyclic) bond motifs is 1. The molecule has 1 atom stereocenters. The number of nitrogens with two attached hydrogens (primary N) is 1. The van der Waals surface area contributed by atoms with Crippen LogP contribution in [-0.4, -0.2) is 65.6 Å². The highest BCUT2D eigenvalue weighted by molar-refractivity contribution is 5.86. The number of hydrogen-bond donors (Lipinski definition) is 2. The summed E-state index contributed by atoms with van der Waals surface area (Å²) in [4.78, 5) is 12.1. The van der Waals surface area contributed by atoms with Crippen LogP contribution < -0.4 is 10.5 Å². The average molecular weight is 397 g/mol. The Balaban J connectivity index is 1.42. The molecule has 0 saturated carbocycles. The number of likely N-dealkylation sites (N-methyl/N-ethyl adjacent to an activating group) is 1. The third-order valence-corrected chi connectivity index (χ3v) is 5.54. The Morgan fingerprint density at radius 2 is 2.00 bits per heavy atom. The van der Waals surface area contributed by atoms with Crippen molar-refractivity contribution in [2.75, 3.05) is 39.8 Å². The number of piperazine rings is 1. The van der Waals surface area contributed by atoms with Gasteiger partial charge in [-0.1, -0.05) is 6.07 Å². The molecule has 3 aromatic rings. The first-order valence-corrected chi connectivity index (χ1v) is 10.0. The van der Waals surface area contributed by atoms with Crippen LogP contribution in [0.4, 0.5) is 4.39 Å². The van der Waals surface area contributed by atoms with E-state index in [1.807, 2.05) is 19.2 Å². The van der Waals surface area contributed by atoms with Crippen molar-refractivity contribution in [3.05, 3.63) is 53.6 Å². The molecular weight excluding hydrogens is 369 g/mol. The molecule has 1 saturated heterocycles. The Morgan fingerprint density at radius 3 is 2.76 bits per heavy atom. The molecule has 1 aromatic carbocycles. The second kappa shape index (κ2) is 8.49. The van der Waals surface area contributed by atoms with Crippen molar-refractivity contribution in [1.29, 1.82) is 0 Å². The molecule has 3 heterocycles. The number of rotatable bonds is 6. The Hall–Kier alpha value is -2.48. The third kappa shape index (κ3) is 4.58. The predicted octanol–water partition coefficient (Wildman–Crippen LogP) is 2.92. The van der Waals surface area contributed by atoms with Crippen molar-refractivity contribution in [1.82, 2.24) is 19.8 Å². The fraction of sp³-hybridized carbons (Fsp3) is 0.409. The van der Waals surface area contributed by atoms with E-state index in [4.69, 9.17) is 10.5 Å². The van der Waals surface area contributed by atoms with Crippen LogP contribution in [-0.2, 0) is 6.42 Å². The highest BCUT2D eigenvalue weighted by Gasteiger charge is 2.17. The van der Waals surface area contributed by atoms with Gasteiger partial charge in [0.2, 0.25) is 0 Å². The molecular formula is C22H28FN5O. The summed E-state index contributed by atoms with van der Waals surface area (Å²) in [5.41, 5.74) is 8.95. The van der Waals surface area contributed by atoms with E-state index in [1.54, 1.807) is 18.3 Å². The van der Waals surface area contributed by atoms with Gasteiger partial charge in [-0.15, -0.1) is 0 Å². The van der Waals surface area contributed by atoms with Crippen LogP contribution >= 0.6 is 0 Å². The molecule has 0 radical (unpaired) electrons. The minimum atomic E-state index is -0.382. The van der Waals surface area contributed by atoms with Crippen LogP contribution in [0.3, 0.4) is 0 Å². The number of H-pyrrole nitrogens is 1. The molecule has 1 fully saturated rings. The Bertz CT molecular complexity index is 980. The molecule has 0 bridgehead atoms. The van der Waals surface area contributed by atoms with Crippen molar-refractivity contribution in [3.8, 4) is 11.5 Å². The number of hydrogen-bond acceptors (Lipinski definition) is 5. The van der Waals surface area contributed by atoms with Crippen LogP contribution in [0.2, 0.25) is 0 Å². The Kier molecular flexibility index (Phi) is 5.80. The van der Waals surface area contributed by atoms with E-state index in [-0.39, 0.29) is 17.6 Å². The normalized spacial score (nSPS) is 17.0. The van der Waals surface area contributed by atoms with E-state index in [1.165, 1.54) is 6.07 Å². The number of ether oxygens (including phenoxy) is 1. The maximum absolute atomic E-state index is 14.7. The van der Waals surface area contributed by atoms with E-state index in [9.17, 15) is 4.39 Å². The first-order valence-electron chi connectivity index (χ1n) is 10.0. The Morgan fingerprint density at radius 1 is 1.21 bits per heavy atom. The van der Waals surface area contributed by atoms with E-state index >= 15 is 0 Å². The fourth-order valence-electron chi connectivity index (χ4n) is 3.87. The largest absolute Gasteiger partial charge is 0.453 e. The minimum Gasteiger partial charge on any atom is -0.453 e. The number of aromatic amines is 1. The summed E-state index contributed by atoms with van der Waals surface area (Å²) in [6.45, 7) is 6.99. The zero-order valence-corrected chi connectivity index (χ0v) is 17.0. The molecule has 0 aliphatic carbocycles. The zero-order chi connectivity index (χ0) is 20.4. The highest BCUT2D eigenvalue weighted by Crippen LogP contribution is 2.32. The number of benzene rings is 1. The molecule has 2 aromatic heterocycles. The van der Waals surface area contributed by atoms with Gasteiger partial charge in [-0.25, -0.2) is 9.37 Å². The second-order valence-corrected chi connectivity index (χ2v) is 7.94. The average Bonchev–Trinajstić information content (AvgIpc) is 3.08. The zero-order valence-electron chi connectivity index (χ0n) is 17.0. The number of aryl methyl sites for hydroxylation is 1. The fourth-order valence-corrected chi connectivity index (χ4v) is 3.87. The quantitative estimate of drug-likeness (QED) is 0.669. The van der Waals surface area contributed by atoms with E-state index < -0.39 is 0 Å². The van der Waals surface area contributed by atoms with Gasteiger partial charge in [0.05, 0.1) is 5.39 Å². The summed E-state index contributed by atoms with van der Waals surface area (Å²) >= 11 is 0. The van der Waals surface area contributed by atoms with E-state index in [2.05, 4.69) is 26.8 Å². The molecule has 6 nitrogen and oxygen atoms in total. The second-order valence-electron chi connectivity index (χ2n) is 7.94. The van der Waals surface area contributed by atoms with Gasteiger partial charge in [0.1, 0.15) is 11.4 Å². The number of nitrogens with one attached hydrogen (secondary N) is 1. The molecule has 1 aliphatic heterocycles. The molecule has 7 heteroatoms. The first kappa shape index (κ1) is 19.8. The lowest BCUT2D eigenvalue weighted by Crippen LogP contribution is -2.49. The summed E-state index contributed by atoms with van der Waals surface area (Å²) in [6, 6.07) is 6.84. The smallest absolute Gasteiger partial charge is 0.165 e. The van der Waals surface area contributed by atoms with Crippen molar-refractivity contribution in [3.63, 3.8) is 0 Å². The number of aromatic nitrogens is 2. The maximum Gasteiger partial charge on any atom is 0.165 e. The van der Waals surface area contributed by atoms with Crippen LogP contribution in [0, 0.1) is 12.7 Å². The lowest BCUT2D eigenvalue weighted by molar-refractivity contribution is 0.147. The Labute approximate surface area is 170 Å². The number of halogens is 1. The third-order valence-electron chi connectivity index (χ3n) is 5.54. The lowest BCUT2D eigenvalue weighted by atomic mass is 10.1. The monoisotopic (exact) mass is 397 g/mol. The topological polar surface area (TPSA) is 70.4 Å². The van der Waals surface area contributed by atoms with Gasteiger partial charge in [0.25, 0.3) is 0 Å². The van der Waals surface area contributed by atoms with Crippen molar-refractivity contribution < 1.29 is 9.13 Å². The standard InChI is InChI=1S/C22H28FN5O/c1-15-13-26-22-21(15)20(5-6-25-22)29-19-4-3-16(12-18(19)23)11-17(24)14-28-9-7-27(2)8-10-28/h3-6,12-13,17H,7-11,14,24H2,1-2H3,(H,25,26). The lowest BCUT2D eigenvalue weighted by Gasteiger charge is -2.33. The molecule has 0 amide bonds. The summed E-state index contributed by atoms with van der Waals surface area (Å²) in [7, 11) is 2.14. The molecule has 29 heavy (non-hydrogen) atoms. The molecule has 0 spiro atoms. The minimum absolute atomic E-state index is 0.0214. The van der Waals surface area contributed by atoms with Crippen LogP contribution in [0.15, 0.2) is 36.7 Å². The van der Waals surface area contributed by atoms with Crippen molar-refractivity contribution >= 4 is 11.0 Å². The van der Waals surface area contributed by atoms with Crippen LogP contribution in [0.5, 0.6) is 11.5 Å². The first-order chi connectivity index (χ1) is 14.0.